The van der Waals surface area contributed by atoms with Crippen LogP contribution in [-0.2, 0) is 9.53 Å². The molecule has 0 aliphatic carbocycles. The van der Waals surface area contributed by atoms with E-state index in [9.17, 15) is 4.79 Å². The third-order valence-corrected chi connectivity index (χ3v) is 2.06. The quantitative estimate of drug-likeness (QED) is 0.648. The van der Waals surface area contributed by atoms with Crippen molar-refractivity contribution >= 4 is 23.3 Å². The van der Waals surface area contributed by atoms with E-state index in [1.54, 1.807) is 26.0 Å². The molecule has 0 radical (unpaired) electrons. The Morgan fingerprint density at radius 3 is 2.62 bits per heavy atom. The fraction of sp³-hybridized carbons (Fsp3) is 0.250. The second-order valence-electron chi connectivity index (χ2n) is 3.21. The number of esters is 1. The number of anilines is 1. The van der Waals surface area contributed by atoms with Crippen LogP contribution in [0.5, 0.6) is 0 Å². The summed E-state index contributed by atoms with van der Waals surface area (Å²) >= 11 is 5.76. The minimum Gasteiger partial charge on any atom is -0.463 e. The van der Waals surface area contributed by atoms with Crippen molar-refractivity contribution in [2.45, 2.75) is 13.8 Å². The SMILES string of the molecule is CCOC(=O)/C=C(\C)Nc1ccc(Cl)cc1. The summed E-state index contributed by atoms with van der Waals surface area (Å²) in [5, 5.41) is 3.74. The minimum atomic E-state index is -0.346. The minimum absolute atomic E-state index is 0.346. The Kier molecular flexibility index (Phi) is 4.86. The first-order valence-electron chi connectivity index (χ1n) is 4.99. The summed E-state index contributed by atoms with van der Waals surface area (Å²) in [6, 6.07) is 7.23. The van der Waals surface area contributed by atoms with Crippen molar-refractivity contribution in [2.75, 3.05) is 11.9 Å². The highest BCUT2D eigenvalue weighted by Crippen LogP contribution is 2.14. The van der Waals surface area contributed by atoms with Gasteiger partial charge in [0.15, 0.2) is 0 Å². The van der Waals surface area contributed by atoms with Gasteiger partial charge in [0, 0.05) is 22.5 Å². The van der Waals surface area contributed by atoms with E-state index in [2.05, 4.69) is 5.32 Å². The van der Waals surface area contributed by atoms with Crippen LogP contribution in [0.4, 0.5) is 5.69 Å². The van der Waals surface area contributed by atoms with E-state index in [4.69, 9.17) is 16.3 Å². The summed E-state index contributed by atoms with van der Waals surface area (Å²) in [7, 11) is 0. The van der Waals surface area contributed by atoms with E-state index in [-0.39, 0.29) is 5.97 Å². The van der Waals surface area contributed by atoms with Crippen LogP contribution in [0.2, 0.25) is 5.02 Å². The monoisotopic (exact) mass is 239 g/mol. The summed E-state index contributed by atoms with van der Waals surface area (Å²) in [5.74, 6) is -0.346. The highest BCUT2D eigenvalue weighted by atomic mass is 35.5. The lowest BCUT2D eigenvalue weighted by atomic mass is 10.3. The maximum atomic E-state index is 11.1. The summed E-state index contributed by atoms with van der Waals surface area (Å²) in [5.41, 5.74) is 1.60. The van der Waals surface area contributed by atoms with Gasteiger partial charge in [-0.3, -0.25) is 0 Å². The average Bonchev–Trinajstić information content (AvgIpc) is 2.21. The number of hydrogen-bond donors (Lipinski definition) is 1. The van der Waals surface area contributed by atoms with Crippen LogP contribution in [0.15, 0.2) is 36.0 Å². The molecule has 0 fully saturated rings. The van der Waals surface area contributed by atoms with E-state index in [0.717, 1.165) is 11.4 Å². The molecule has 0 spiro atoms. The van der Waals surface area contributed by atoms with Gasteiger partial charge in [0.1, 0.15) is 0 Å². The molecule has 0 heterocycles. The highest BCUT2D eigenvalue weighted by Gasteiger charge is 1.98. The first kappa shape index (κ1) is 12.6. The molecule has 1 rings (SSSR count). The van der Waals surface area contributed by atoms with Crippen molar-refractivity contribution in [1.29, 1.82) is 0 Å². The molecule has 86 valence electrons. The largest absolute Gasteiger partial charge is 0.463 e. The van der Waals surface area contributed by atoms with E-state index in [0.29, 0.717) is 11.6 Å². The molecule has 0 aliphatic heterocycles. The van der Waals surface area contributed by atoms with Gasteiger partial charge in [-0.1, -0.05) is 11.6 Å². The zero-order valence-electron chi connectivity index (χ0n) is 9.29. The van der Waals surface area contributed by atoms with Crippen LogP contribution in [0.25, 0.3) is 0 Å². The number of allylic oxidation sites excluding steroid dienone is 1. The van der Waals surface area contributed by atoms with Crippen LogP contribution >= 0.6 is 11.6 Å². The zero-order chi connectivity index (χ0) is 12.0. The number of ether oxygens (including phenoxy) is 1. The van der Waals surface area contributed by atoms with Crippen LogP contribution in [0, 0.1) is 0 Å². The van der Waals surface area contributed by atoms with Gasteiger partial charge in [0.05, 0.1) is 6.61 Å². The summed E-state index contributed by atoms with van der Waals surface area (Å²) < 4.78 is 4.79. The van der Waals surface area contributed by atoms with Gasteiger partial charge in [-0.2, -0.15) is 0 Å². The molecule has 3 nitrogen and oxygen atoms in total. The van der Waals surface area contributed by atoms with Crippen LogP contribution in [0.3, 0.4) is 0 Å². The predicted molar refractivity (Wildman–Crippen MR) is 65.5 cm³/mol. The normalized spacial score (nSPS) is 11.1. The molecule has 16 heavy (non-hydrogen) atoms. The molecule has 0 saturated heterocycles. The van der Waals surface area contributed by atoms with Crippen LogP contribution < -0.4 is 5.32 Å². The third-order valence-electron chi connectivity index (χ3n) is 1.81. The summed E-state index contributed by atoms with van der Waals surface area (Å²) in [6.07, 6.45) is 1.41. The average molecular weight is 240 g/mol. The molecule has 0 atom stereocenters. The van der Waals surface area contributed by atoms with E-state index in [1.807, 2.05) is 12.1 Å². The number of rotatable bonds is 4. The van der Waals surface area contributed by atoms with E-state index in [1.165, 1.54) is 6.08 Å². The maximum Gasteiger partial charge on any atom is 0.332 e. The van der Waals surface area contributed by atoms with Crippen LogP contribution in [-0.4, -0.2) is 12.6 Å². The Balaban J connectivity index is 2.60. The number of carbonyl (C=O) groups excluding carboxylic acids is 1. The lowest BCUT2D eigenvalue weighted by molar-refractivity contribution is -0.137. The van der Waals surface area contributed by atoms with Crippen molar-refractivity contribution in [2.24, 2.45) is 0 Å². The highest BCUT2D eigenvalue weighted by molar-refractivity contribution is 6.30. The number of halogens is 1. The summed E-state index contributed by atoms with van der Waals surface area (Å²) in [4.78, 5) is 11.1. The lowest BCUT2D eigenvalue weighted by Gasteiger charge is -2.06. The fourth-order valence-electron chi connectivity index (χ4n) is 1.16. The van der Waals surface area contributed by atoms with Gasteiger partial charge in [0.2, 0.25) is 0 Å². The van der Waals surface area contributed by atoms with Crippen molar-refractivity contribution in [1.82, 2.24) is 0 Å². The molecule has 1 N–H and O–H groups in total. The molecule has 0 saturated carbocycles. The molecule has 0 unspecified atom stereocenters. The molecule has 0 aromatic heterocycles. The lowest BCUT2D eigenvalue weighted by Crippen LogP contribution is -2.04. The van der Waals surface area contributed by atoms with Gasteiger partial charge in [0.25, 0.3) is 0 Å². The van der Waals surface area contributed by atoms with E-state index < -0.39 is 0 Å². The van der Waals surface area contributed by atoms with Gasteiger partial charge in [-0.05, 0) is 38.1 Å². The number of carbonyl (C=O) groups is 1. The maximum absolute atomic E-state index is 11.1. The topological polar surface area (TPSA) is 38.3 Å². The predicted octanol–water partition coefficient (Wildman–Crippen LogP) is 3.22. The standard InChI is InChI=1S/C12H14ClNO2/c1-3-16-12(15)8-9(2)14-11-6-4-10(13)5-7-11/h4-8,14H,3H2,1-2H3/b9-8+. The van der Waals surface area contributed by atoms with Crippen molar-refractivity contribution < 1.29 is 9.53 Å². The van der Waals surface area contributed by atoms with Gasteiger partial charge in [-0.25, -0.2) is 4.79 Å². The second kappa shape index (κ2) is 6.18. The molecule has 1 aromatic rings. The van der Waals surface area contributed by atoms with Crippen molar-refractivity contribution in [3.8, 4) is 0 Å². The van der Waals surface area contributed by atoms with Crippen molar-refractivity contribution in [3.05, 3.63) is 41.1 Å². The van der Waals surface area contributed by atoms with Gasteiger partial charge in [-0.15, -0.1) is 0 Å². The third kappa shape index (κ3) is 4.36. The van der Waals surface area contributed by atoms with Gasteiger partial charge >= 0.3 is 5.97 Å². The Morgan fingerprint density at radius 2 is 2.06 bits per heavy atom. The Hall–Kier alpha value is -1.48. The molecular formula is C12H14ClNO2. The Morgan fingerprint density at radius 1 is 1.44 bits per heavy atom. The first-order chi connectivity index (χ1) is 7.61. The van der Waals surface area contributed by atoms with Gasteiger partial charge < -0.3 is 10.1 Å². The molecule has 0 amide bonds. The van der Waals surface area contributed by atoms with Crippen LogP contribution in [0.1, 0.15) is 13.8 Å². The number of benzene rings is 1. The molecule has 0 aliphatic rings. The Bertz CT molecular complexity index is 385. The Labute approximate surface area is 100 Å². The zero-order valence-corrected chi connectivity index (χ0v) is 10.0. The second-order valence-corrected chi connectivity index (χ2v) is 3.65. The van der Waals surface area contributed by atoms with Crippen molar-refractivity contribution in [3.63, 3.8) is 0 Å². The van der Waals surface area contributed by atoms with E-state index >= 15 is 0 Å². The number of nitrogens with one attached hydrogen (secondary N) is 1. The molecule has 4 heteroatoms. The molecular weight excluding hydrogens is 226 g/mol. The summed E-state index contributed by atoms with van der Waals surface area (Å²) in [6.45, 7) is 3.95. The number of hydrogen-bond acceptors (Lipinski definition) is 3. The fourth-order valence-corrected chi connectivity index (χ4v) is 1.28. The molecule has 1 aromatic carbocycles. The smallest absolute Gasteiger partial charge is 0.332 e. The molecule has 0 bridgehead atoms. The first-order valence-corrected chi connectivity index (χ1v) is 5.37.